The molecule has 2 aromatic carbocycles. The predicted octanol–water partition coefficient (Wildman–Crippen LogP) is 3.46. The molecule has 0 bridgehead atoms. The van der Waals surface area contributed by atoms with Crippen LogP contribution in [0.25, 0.3) is 11.0 Å². The molecule has 4 rings (SSSR count). The van der Waals surface area contributed by atoms with Crippen LogP contribution in [0.2, 0.25) is 0 Å². The van der Waals surface area contributed by atoms with Crippen molar-refractivity contribution in [1.29, 1.82) is 0 Å². The van der Waals surface area contributed by atoms with Crippen molar-refractivity contribution in [3.05, 3.63) is 72.0 Å². The summed E-state index contributed by atoms with van der Waals surface area (Å²) in [4.78, 5) is 39.3. The van der Waals surface area contributed by atoms with Gasteiger partial charge in [0, 0.05) is 10.9 Å². The zero-order chi connectivity index (χ0) is 19.5. The predicted molar refractivity (Wildman–Crippen MR) is 111 cm³/mol. The molecule has 1 aromatic heterocycles. The quantitative estimate of drug-likeness (QED) is 0.512. The zero-order valence-corrected chi connectivity index (χ0v) is 16.5. The van der Waals surface area contributed by atoms with Crippen LogP contribution < -0.4 is 5.32 Å². The number of hydrogen-bond donors (Lipinski definition) is 1. The third-order valence-electron chi connectivity index (χ3n) is 4.99. The summed E-state index contributed by atoms with van der Waals surface area (Å²) in [6, 6.07) is 17.3. The number of carbonyl (C=O) groups is 3. The van der Waals surface area contributed by atoms with E-state index in [-0.39, 0.29) is 36.4 Å². The van der Waals surface area contributed by atoms with Crippen LogP contribution >= 0.6 is 12.4 Å². The average molecular weight is 413 g/mol. The fraction of sp³-hybridized carbons (Fsp3) is 0.227. The molecule has 1 saturated heterocycles. The molecule has 0 unspecified atom stereocenters. The molecule has 7 heteroatoms. The van der Waals surface area contributed by atoms with Gasteiger partial charge in [0.2, 0.25) is 11.7 Å². The molecule has 2 amide bonds. The highest BCUT2D eigenvalue weighted by atomic mass is 35.5. The van der Waals surface area contributed by atoms with Crippen LogP contribution in [0.5, 0.6) is 0 Å². The number of imide groups is 1. The number of hydrogen-bond acceptors (Lipinski definition) is 5. The highest BCUT2D eigenvalue weighted by Crippen LogP contribution is 2.22. The number of Topliss-reactive ketones (excluding diaryl/α,β-unsaturated/α-hetero) is 1. The molecule has 0 spiro atoms. The first-order valence-electron chi connectivity index (χ1n) is 9.28. The van der Waals surface area contributed by atoms with E-state index in [4.69, 9.17) is 4.42 Å². The van der Waals surface area contributed by atoms with Gasteiger partial charge in [0.15, 0.2) is 5.76 Å². The van der Waals surface area contributed by atoms with Crippen molar-refractivity contribution >= 4 is 41.0 Å². The summed E-state index contributed by atoms with van der Waals surface area (Å²) in [5.74, 6) is -0.692. The Morgan fingerprint density at radius 3 is 2.52 bits per heavy atom. The summed E-state index contributed by atoms with van der Waals surface area (Å²) in [6.45, 7) is 0.709. The van der Waals surface area contributed by atoms with Gasteiger partial charge in [-0.15, -0.1) is 12.4 Å². The summed E-state index contributed by atoms with van der Waals surface area (Å²) < 4.78 is 5.63. The van der Waals surface area contributed by atoms with Crippen LogP contribution in [-0.4, -0.2) is 41.6 Å². The van der Waals surface area contributed by atoms with Gasteiger partial charge in [0.1, 0.15) is 5.58 Å². The van der Waals surface area contributed by atoms with E-state index < -0.39 is 11.9 Å². The number of likely N-dealkylation sites (tertiary alicyclic amines) is 1. The molecular formula is C22H21ClN2O4. The molecule has 0 saturated carbocycles. The third-order valence-corrected chi connectivity index (χ3v) is 4.99. The Morgan fingerprint density at radius 2 is 1.76 bits per heavy atom. The minimum atomic E-state index is -0.499. The topological polar surface area (TPSA) is 79.6 Å². The molecule has 29 heavy (non-hydrogen) atoms. The summed E-state index contributed by atoms with van der Waals surface area (Å²) in [5, 5.41) is 3.32. The van der Waals surface area contributed by atoms with Crippen molar-refractivity contribution in [2.45, 2.75) is 18.9 Å². The monoisotopic (exact) mass is 412 g/mol. The number of ketones is 1. The number of nitrogens with one attached hydrogen (secondary N) is 1. The summed E-state index contributed by atoms with van der Waals surface area (Å²) in [5.41, 5.74) is 1.09. The smallest absolute Gasteiger partial charge is 0.257 e. The SMILES string of the molecule is Cl.O=C(NC(=O)[C@@H]1CCCN1CC(=O)c1cc2ccccc2o1)c1ccccc1. The maximum atomic E-state index is 12.6. The van der Waals surface area contributed by atoms with E-state index in [0.29, 0.717) is 24.1 Å². The van der Waals surface area contributed by atoms with Crippen LogP contribution in [0, 0.1) is 0 Å². The lowest BCUT2D eigenvalue weighted by molar-refractivity contribution is -0.124. The second-order valence-corrected chi connectivity index (χ2v) is 6.88. The molecule has 1 aliphatic rings. The number of furan rings is 1. The Balaban J connectivity index is 0.00000240. The summed E-state index contributed by atoms with van der Waals surface area (Å²) >= 11 is 0. The molecule has 0 radical (unpaired) electrons. The van der Waals surface area contributed by atoms with E-state index >= 15 is 0 Å². The average Bonchev–Trinajstić information content (AvgIpc) is 3.35. The van der Waals surface area contributed by atoms with Gasteiger partial charge in [0.25, 0.3) is 5.91 Å². The van der Waals surface area contributed by atoms with E-state index in [2.05, 4.69) is 5.32 Å². The van der Waals surface area contributed by atoms with Gasteiger partial charge in [-0.2, -0.15) is 0 Å². The molecule has 1 atom stereocenters. The van der Waals surface area contributed by atoms with Gasteiger partial charge in [-0.3, -0.25) is 24.6 Å². The minimum Gasteiger partial charge on any atom is -0.453 e. The van der Waals surface area contributed by atoms with E-state index in [9.17, 15) is 14.4 Å². The lowest BCUT2D eigenvalue weighted by Crippen LogP contribution is -2.46. The first kappa shape index (κ1) is 20.8. The van der Waals surface area contributed by atoms with Crippen LogP contribution in [0.1, 0.15) is 33.8 Å². The molecule has 0 aliphatic carbocycles. The first-order valence-corrected chi connectivity index (χ1v) is 9.28. The van der Waals surface area contributed by atoms with Gasteiger partial charge in [-0.05, 0) is 43.7 Å². The van der Waals surface area contributed by atoms with E-state index in [1.54, 1.807) is 36.4 Å². The number of halogens is 1. The normalized spacial score (nSPS) is 16.3. The number of amides is 2. The van der Waals surface area contributed by atoms with Crippen molar-refractivity contribution in [3.63, 3.8) is 0 Å². The zero-order valence-electron chi connectivity index (χ0n) is 15.7. The number of fused-ring (bicyclic) bond motifs is 1. The van der Waals surface area contributed by atoms with Crippen molar-refractivity contribution in [1.82, 2.24) is 10.2 Å². The summed E-state index contributed by atoms with van der Waals surface area (Å²) in [7, 11) is 0. The molecule has 150 valence electrons. The Hall–Kier alpha value is -2.96. The van der Waals surface area contributed by atoms with Gasteiger partial charge in [0.05, 0.1) is 12.6 Å². The number of carbonyl (C=O) groups excluding carboxylic acids is 3. The number of para-hydroxylation sites is 1. The molecule has 1 N–H and O–H groups in total. The molecule has 6 nitrogen and oxygen atoms in total. The minimum absolute atomic E-state index is 0. The molecule has 1 fully saturated rings. The molecule has 3 aromatic rings. The summed E-state index contributed by atoms with van der Waals surface area (Å²) in [6.07, 6.45) is 1.41. The molecule has 2 heterocycles. The van der Waals surface area contributed by atoms with E-state index in [1.165, 1.54) is 0 Å². The van der Waals surface area contributed by atoms with E-state index in [1.807, 2.05) is 29.2 Å². The second-order valence-electron chi connectivity index (χ2n) is 6.88. The highest BCUT2D eigenvalue weighted by Gasteiger charge is 2.33. The second kappa shape index (κ2) is 9.03. The fourth-order valence-electron chi connectivity index (χ4n) is 3.55. The molecule has 1 aliphatic heterocycles. The van der Waals surface area contributed by atoms with Crippen LogP contribution in [-0.2, 0) is 4.79 Å². The standard InChI is InChI=1S/C22H20N2O4.ClH/c25-18(20-13-16-9-4-5-11-19(16)28-20)14-24-12-6-10-17(24)22(27)23-21(26)15-7-2-1-3-8-15;/h1-5,7-9,11,13,17H,6,10,12,14H2,(H,23,26,27);1H/t17-;/m0./s1. The Labute approximate surface area is 174 Å². The van der Waals surface area contributed by atoms with Gasteiger partial charge < -0.3 is 4.42 Å². The van der Waals surface area contributed by atoms with Crippen molar-refractivity contribution in [3.8, 4) is 0 Å². The largest absolute Gasteiger partial charge is 0.453 e. The number of rotatable bonds is 5. The lowest BCUT2D eigenvalue weighted by Gasteiger charge is -2.22. The Kier molecular flexibility index (Phi) is 6.46. The molecular weight excluding hydrogens is 392 g/mol. The first-order chi connectivity index (χ1) is 13.6. The van der Waals surface area contributed by atoms with Crippen molar-refractivity contribution < 1.29 is 18.8 Å². The maximum Gasteiger partial charge on any atom is 0.257 e. The number of benzene rings is 2. The third kappa shape index (κ3) is 4.55. The van der Waals surface area contributed by atoms with Gasteiger partial charge >= 0.3 is 0 Å². The number of nitrogens with zero attached hydrogens (tertiary/aromatic N) is 1. The Bertz CT molecular complexity index is 998. The highest BCUT2D eigenvalue weighted by molar-refractivity contribution is 6.06. The maximum absolute atomic E-state index is 12.6. The van der Waals surface area contributed by atoms with Crippen LogP contribution in [0.4, 0.5) is 0 Å². The Morgan fingerprint density at radius 1 is 1.03 bits per heavy atom. The van der Waals surface area contributed by atoms with Gasteiger partial charge in [-0.1, -0.05) is 36.4 Å². The van der Waals surface area contributed by atoms with Crippen LogP contribution in [0.3, 0.4) is 0 Å². The lowest BCUT2D eigenvalue weighted by atomic mass is 10.1. The van der Waals surface area contributed by atoms with E-state index in [0.717, 1.165) is 11.8 Å². The van der Waals surface area contributed by atoms with Crippen molar-refractivity contribution in [2.24, 2.45) is 0 Å². The fourth-order valence-corrected chi connectivity index (χ4v) is 3.55. The van der Waals surface area contributed by atoms with Crippen LogP contribution in [0.15, 0.2) is 65.1 Å². The van der Waals surface area contributed by atoms with Crippen molar-refractivity contribution in [2.75, 3.05) is 13.1 Å². The van der Waals surface area contributed by atoms with Gasteiger partial charge in [-0.25, -0.2) is 0 Å².